The largest absolute Gasteiger partial charge is 0.422 e. The Morgan fingerprint density at radius 3 is 2.14 bits per heavy atom. The Morgan fingerprint density at radius 1 is 0.889 bits per heavy atom. The lowest BCUT2D eigenvalue weighted by atomic mass is 10.1. The van der Waals surface area contributed by atoms with Crippen LogP contribution in [0.15, 0.2) is 71.8 Å². The van der Waals surface area contributed by atoms with Gasteiger partial charge in [0.2, 0.25) is 0 Å². The summed E-state index contributed by atoms with van der Waals surface area (Å²) in [6, 6.07) is 11.1. The van der Waals surface area contributed by atoms with Gasteiger partial charge in [0.05, 0.1) is 27.2 Å². The normalized spacial score (nSPS) is 11.2. The van der Waals surface area contributed by atoms with Gasteiger partial charge >= 0.3 is 12.1 Å². The second kappa shape index (κ2) is 10.4. The molecule has 0 bridgehead atoms. The maximum atomic E-state index is 12.9. The molecule has 3 rings (SSSR count). The number of carbonyl (C=O) groups is 2. The lowest BCUT2D eigenvalue weighted by Gasteiger charge is -2.10. The molecule has 0 saturated carbocycles. The fourth-order valence-electron chi connectivity index (χ4n) is 2.78. The summed E-state index contributed by atoms with van der Waals surface area (Å²) in [5.74, 6) is -2.22. The molecule has 184 valence electrons. The summed E-state index contributed by atoms with van der Waals surface area (Å²) in [6.45, 7) is 0. The van der Waals surface area contributed by atoms with Crippen molar-refractivity contribution in [1.29, 1.82) is 0 Å². The van der Waals surface area contributed by atoms with Crippen LogP contribution in [-0.4, -0.2) is 27.9 Å². The van der Waals surface area contributed by atoms with Crippen LogP contribution >= 0.6 is 0 Å². The maximum Gasteiger partial charge on any atom is 0.416 e. The molecule has 14 heteroatoms. The van der Waals surface area contributed by atoms with E-state index in [1.807, 2.05) is 0 Å². The van der Waals surface area contributed by atoms with Crippen LogP contribution in [0.3, 0.4) is 0 Å². The number of hydrazone groups is 1. The Bertz CT molecular complexity index is 1370. The first-order chi connectivity index (χ1) is 17.0. The summed E-state index contributed by atoms with van der Waals surface area (Å²) in [7, 11) is 0. The van der Waals surface area contributed by atoms with Crippen LogP contribution in [0, 0.1) is 20.2 Å². The zero-order chi connectivity index (χ0) is 26.5. The van der Waals surface area contributed by atoms with Crippen LogP contribution in [0.5, 0.6) is 5.75 Å². The van der Waals surface area contributed by atoms with Gasteiger partial charge in [-0.1, -0.05) is 6.07 Å². The molecule has 0 aromatic heterocycles. The average molecular weight is 502 g/mol. The molecule has 0 saturated heterocycles. The predicted molar refractivity (Wildman–Crippen MR) is 118 cm³/mol. The lowest BCUT2D eigenvalue weighted by Crippen LogP contribution is -2.17. The Labute approximate surface area is 199 Å². The molecule has 0 aliphatic carbocycles. The van der Waals surface area contributed by atoms with Crippen molar-refractivity contribution < 1.29 is 37.3 Å². The van der Waals surface area contributed by atoms with Crippen molar-refractivity contribution in [3.63, 3.8) is 0 Å². The Hall–Kier alpha value is -5.14. The number of rotatable bonds is 7. The van der Waals surface area contributed by atoms with E-state index >= 15 is 0 Å². The van der Waals surface area contributed by atoms with Gasteiger partial charge in [-0.2, -0.15) is 18.3 Å². The number of non-ortho nitro benzene ring substituents is 2. The van der Waals surface area contributed by atoms with Crippen LogP contribution in [0.4, 0.5) is 24.5 Å². The standard InChI is InChI=1S/C22H13F3N4O7/c23-22(24,25)16-3-1-2-14(10-16)21(31)36-19-9-8-18(29(34)35)11-15(19)12-26-27-20(30)13-4-6-17(7-5-13)28(32)33/h1-12H,(H,27,30)/b26-12+. The molecule has 0 atom stereocenters. The quantitative estimate of drug-likeness (QED) is 0.164. The van der Waals surface area contributed by atoms with Gasteiger partial charge in [-0.05, 0) is 36.4 Å². The second-order valence-corrected chi connectivity index (χ2v) is 6.95. The number of nitrogens with zero attached hydrogens (tertiary/aromatic N) is 3. The monoisotopic (exact) mass is 502 g/mol. The number of amides is 1. The van der Waals surface area contributed by atoms with Crippen molar-refractivity contribution in [1.82, 2.24) is 5.43 Å². The molecular weight excluding hydrogens is 489 g/mol. The Kier molecular flexibility index (Phi) is 7.37. The third kappa shape index (κ3) is 6.25. The number of esters is 1. The molecule has 0 aliphatic rings. The Balaban J connectivity index is 1.82. The first kappa shape index (κ1) is 25.5. The molecule has 36 heavy (non-hydrogen) atoms. The van der Waals surface area contributed by atoms with E-state index in [1.54, 1.807) is 0 Å². The van der Waals surface area contributed by atoms with Gasteiger partial charge in [0.1, 0.15) is 5.75 Å². The van der Waals surface area contributed by atoms with Gasteiger partial charge in [-0.3, -0.25) is 25.0 Å². The van der Waals surface area contributed by atoms with Crippen molar-refractivity contribution in [2.75, 3.05) is 0 Å². The van der Waals surface area contributed by atoms with Crippen LogP contribution in [0.25, 0.3) is 0 Å². The van der Waals surface area contributed by atoms with Gasteiger partial charge in [0, 0.05) is 35.4 Å². The van der Waals surface area contributed by atoms with E-state index in [1.165, 1.54) is 12.1 Å². The highest BCUT2D eigenvalue weighted by molar-refractivity contribution is 5.96. The smallest absolute Gasteiger partial charge is 0.416 e. The summed E-state index contributed by atoms with van der Waals surface area (Å²) in [5, 5.41) is 25.4. The maximum absolute atomic E-state index is 12.9. The number of nitro benzene ring substituents is 2. The van der Waals surface area contributed by atoms with E-state index in [0.717, 1.165) is 54.7 Å². The minimum atomic E-state index is -4.69. The molecule has 0 fully saturated rings. The van der Waals surface area contributed by atoms with Crippen molar-refractivity contribution >= 4 is 29.5 Å². The summed E-state index contributed by atoms with van der Waals surface area (Å²) < 4.78 is 43.9. The topological polar surface area (TPSA) is 154 Å². The molecule has 0 radical (unpaired) electrons. The van der Waals surface area contributed by atoms with Crippen LogP contribution in [-0.2, 0) is 6.18 Å². The van der Waals surface area contributed by atoms with Gasteiger partial charge in [-0.15, -0.1) is 0 Å². The molecule has 0 heterocycles. The summed E-state index contributed by atoms with van der Waals surface area (Å²) in [4.78, 5) is 45.0. The molecule has 11 nitrogen and oxygen atoms in total. The van der Waals surface area contributed by atoms with Crippen LogP contribution < -0.4 is 10.2 Å². The fourth-order valence-corrected chi connectivity index (χ4v) is 2.78. The molecule has 1 amide bonds. The molecule has 3 aromatic carbocycles. The third-order valence-electron chi connectivity index (χ3n) is 4.54. The van der Waals surface area contributed by atoms with Crippen molar-refractivity contribution in [2.24, 2.45) is 5.10 Å². The fraction of sp³-hybridized carbons (Fsp3) is 0.0455. The first-order valence-electron chi connectivity index (χ1n) is 9.71. The van der Waals surface area contributed by atoms with E-state index in [2.05, 4.69) is 10.5 Å². The third-order valence-corrected chi connectivity index (χ3v) is 4.54. The summed E-state index contributed by atoms with van der Waals surface area (Å²) in [6.07, 6.45) is -3.77. The zero-order valence-corrected chi connectivity index (χ0v) is 17.8. The van der Waals surface area contributed by atoms with E-state index in [0.29, 0.717) is 6.07 Å². The van der Waals surface area contributed by atoms with Crippen LogP contribution in [0.1, 0.15) is 31.8 Å². The summed E-state index contributed by atoms with van der Waals surface area (Å²) in [5.41, 5.74) is -0.165. The number of ether oxygens (including phenoxy) is 1. The summed E-state index contributed by atoms with van der Waals surface area (Å²) >= 11 is 0. The highest BCUT2D eigenvalue weighted by Gasteiger charge is 2.31. The van der Waals surface area contributed by atoms with Gasteiger partial charge in [0.25, 0.3) is 17.3 Å². The SMILES string of the molecule is O=C(N/N=C/c1cc([N+](=O)[O-])ccc1OC(=O)c1cccc(C(F)(F)F)c1)c1ccc([N+](=O)[O-])cc1. The number of benzene rings is 3. The predicted octanol–water partition coefficient (Wildman–Crippen LogP) is 4.50. The average Bonchev–Trinajstić information content (AvgIpc) is 2.84. The lowest BCUT2D eigenvalue weighted by molar-refractivity contribution is -0.385. The molecule has 0 aliphatic heterocycles. The van der Waals surface area contributed by atoms with Gasteiger partial charge < -0.3 is 4.74 Å². The molecule has 3 aromatic rings. The van der Waals surface area contributed by atoms with Crippen molar-refractivity contribution in [3.8, 4) is 5.75 Å². The van der Waals surface area contributed by atoms with Crippen molar-refractivity contribution in [3.05, 3.63) is 109 Å². The number of halogens is 3. The minimum Gasteiger partial charge on any atom is -0.422 e. The second-order valence-electron chi connectivity index (χ2n) is 6.95. The zero-order valence-electron chi connectivity index (χ0n) is 17.8. The first-order valence-corrected chi connectivity index (χ1v) is 9.71. The number of nitrogens with one attached hydrogen (secondary N) is 1. The molecule has 0 spiro atoms. The van der Waals surface area contributed by atoms with Gasteiger partial charge in [-0.25, -0.2) is 10.2 Å². The molecule has 0 unspecified atom stereocenters. The number of hydrogen-bond acceptors (Lipinski definition) is 8. The minimum absolute atomic E-state index is 0.0213. The van der Waals surface area contributed by atoms with E-state index in [9.17, 15) is 43.0 Å². The number of alkyl halides is 3. The molecular formula is C22H13F3N4O7. The van der Waals surface area contributed by atoms with Crippen LogP contribution in [0.2, 0.25) is 0 Å². The highest BCUT2D eigenvalue weighted by Crippen LogP contribution is 2.30. The van der Waals surface area contributed by atoms with E-state index in [4.69, 9.17) is 4.74 Å². The van der Waals surface area contributed by atoms with E-state index in [-0.39, 0.29) is 22.6 Å². The van der Waals surface area contributed by atoms with E-state index < -0.39 is 44.7 Å². The van der Waals surface area contributed by atoms with Gasteiger partial charge in [0.15, 0.2) is 0 Å². The Morgan fingerprint density at radius 2 is 1.53 bits per heavy atom. The number of hydrogen-bond donors (Lipinski definition) is 1. The van der Waals surface area contributed by atoms with Crippen molar-refractivity contribution in [2.45, 2.75) is 6.18 Å². The molecule has 1 N–H and O–H groups in total. The highest BCUT2D eigenvalue weighted by atomic mass is 19.4. The number of nitro groups is 2. The number of carbonyl (C=O) groups excluding carboxylic acids is 2.